The summed E-state index contributed by atoms with van der Waals surface area (Å²) in [6.07, 6.45) is -4.64. The van der Waals surface area contributed by atoms with Gasteiger partial charge in [-0.3, -0.25) is 0 Å². The van der Waals surface area contributed by atoms with Crippen LogP contribution in [0.25, 0.3) is 0 Å². The molecule has 1 aromatic rings. The molecule has 0 aliphatic rings. The largest absolute Gasteiger partial charge is 0.452 e. The zero-order valence-corrected chi connectivity index (χ0v) is 7.84. The summed E-state index contributed by atoms with van der Waals surface area (Å²) in [5.74, 6) is -2.40. The van der Waals surface area contributed by atoms with E-state index in [1.165, 1.54) is 6.07 Å². The minimum atomic E-state index is -4.64. The summed E-state index contributed by atoms with van der Waals surface area (Å²) in [6.45, 7) is -1.75. The predicted molar refractivity (Wildman–Crippen MR) is 47.1 cm³/mol. The molecule has 0 unspecified atom stereocenters. The molecule has 0 atom stereocenters. The van der Waals surface area contributed by atoms with Crippen LogP contribution in [0.2, 0.25) is 0 Å². The molecule has 0 aliphatic heterocycles. The summed E-state index contributed by atoms with van der Waals surface area (Å²) in [7, 11) is 0. The quantitative estimate of drug-likeness (QED) is 0.487. The Morgan fingerprint density at radius 1 is 1.38 bits per heavy atom. The van der Waals surface area contributed by atoms with E-state index in [2.05, 4.69) is 4.74 Å². The predicted octanol–water partition coefficient (Wildman–Crippen LogP) is 2.13. The first-order valence-corrected chi connectivity index (χ1v) is 4.08. The van der Waals surface area contributed by atoms with Gasteiger partial charge in [-0.2, -0.15) is 13.2 Å². The third kappa shape index (κ3) is 3.41. The third-order valence-electron chi connectivity index (χ3n) is 1.58. The average molecular weight is 237 g/mol. The lowest BCUT2D eigenvalue weighted by Crippen LogP contribution is -2.20. The normalized spacial score (nSPS) is 11.2. The van der Waals surface area contributed by atoms with Gasteiger partial charge in [-0.25, -0.2) is 9.18 Å². The van der Waals surface area contributed by atoms with Crippen molar-refractivity contribution in [2.24, 2.45) is 0 Å². The molecule has 0 aromatic heterocycles. The number of esters is 1. The average Bonchev–Trinajstić information content (AvgIpc) is 2.13. The Balaban J connectivity index is 2.74. The molecule has 3 nitrogen and oxygen atoms in total. The lowest BCUT2D eigenvalue weighted by Gasteiger charge is -2.08. The van der Waals surface area contributed by atoms with Gasteiger partial charge in [-0.15, -0.1) is 0 Å². The van der Waals surface area contributed by atoms with E-state index in [4.69, 9.17) is 5.73 Å². The molecule has 0 aliphatic carbocycles. The second-order valence-electron chi connectivity index (χ2n) is 2.93. The molecule has 88 valence electrons. The van der Waals surface area contributed by atoms with Crippen molar-refractivity contribution in [1.29, 1.82) is 0 Å². The maximum absolute atomic E-state index is 13.1. The van der Waals surface area contributed by atoms with Crippen molar-refractivity contribution in [3.05, 3.63) is 29.6 Å². The standard InChI is InChI=1S/C9H7F4NO2/c10-7-3-5(14)1-2-6(7)8(15)16-4-9(11,12)13/h1-3H,4,14H2. The summed E-state index contributed by atoms with van der Waals surface area (Å²) in [4.78, 5) is 11.0. The van der Waals surface area contributed by atoms with Gasteiger partial charge in [0.05, 0.1) is 5.56 Å². The lowest BCUT2D eigenvalue weighted by atomic mass is 10.2. The molecular weight excluding hydrogens is 230 g/mol. The van der Waals surface area contributed by atoms with Crippen LogP contribution in [0.3, 0.4) is 0 Å². The van der Waals surface area contributed by atoms with Gasteiger partial charge in [0.2, 0.25) is 0 Å². The number of benzene rings is 1. The van der Waals surface area contributed by atoms with Crippen LogP contribution in [0.1, 0.15) is 10.4 Å². The number of hydrogen-bond acceptors (Lipinski definition) is 3. The monoisotopic (exact) mass is 237 g/mol. The molecule has 1 aromatic carbocycles. The Morgan fingerprint density at radius 2 is 2.00 bits per heavy atom. The zero-order valence-electron chi connectivity index (χ0n) is 7.84. The number of ether oxygens (including phenoxy) is 1. The van der Waals surface area contributed by atoms with Crippen LogP contribution < -0.4 is 5.73 Å². The van der Waals surface area contributed by atoms with E-state index >= 15 is 0 Å². The molecule has 16 heavy (non-hydrogen) atoms. The first-order valence-electron chi connectivity index (χ1n) is 4.08. The molecular formula is C9H7F4NO2. The van der Waals surface area contributed by atoms with Crippen molar-refractivity contribution in [2.45, 2.75) is 6.18 Å². The van der Waals surface area contributed by atoms with Crippen LogP contribution in [0.4, 0.5) is 23.2 Å². The van der Waals surface area contributed by atoms with Gasteiger partial charge in [-0.05, 0) is 18.2 Å². The minimum Gasteiger partial charge on any atom is -0.452 e. The molecule has 0 fully saturated rings. The van der Waals surface area contributed by atoms with E-state index < -0.39 is 30.1 Å². The Morgan fingerprint density at radius 3 is 2.50 bits per heavy atom. The molecule has 0 amide bonds. The highest BCUT2D eigenvalue weighted by Crippen LogP contribution is 2.17. The molecule has 0 heterocycles. The highest BCUT2D eigenvalue weighted by Gasteiger charge is 2.30. The van der Waals surface area contributed by atoms with Gasteiger partial charge in [0.25, 0.3) is 0 Å². The van der Waals surface area contributed by atoms with E-state index in [1.54, 1.807) is 0 Å². The molecule has 0 radical (unpaired) electrons. The Hall–Kier alpha value is -1.79. The Labute approximate surface area is 87.8 Å². The van der Waals surface area contributed by atoms with Gasteiger partial charge in [0.1, 0.15) is 5.82 Å². The molecule has 0 saturated heterocycles. The number of anilines is 1. The topological polar surface area (TPSA) is 52.3 Å². The minimum absolute atomic E-state index is 0.0601. The van der Waals surface area contributed by atoms with Crippen molar-refractivity contribution >= 4 is 11.7 Å². The molecule has 1 rings (SSSR count). The van der Waals surface area contributed by atoms with Crippen LogP contribution >= 0.6 is 0 Å². The van der Waals surface area contributed by atoms with Crippen molar-refractivity contribution in [3.8, 4) is 0 Å². The summed E-state index contributed by atoms with van der Waals surface area (Å²) in [6, 6.07) is 2.97. The fraction of sp³-hybridized carbons (Fsp3) is 0.222. The van der Waals surface area contributed by atoms with Crippen LogP contribution in [-0.2, 0) is 4.74 Å². The Bertz CT molecular complexity index is 403. The second kappa shape index (κ2) is 4.38. The number of hydrogen-bond donors (Lipinski definition) is 1. The van der Waals surface area contributed by atoms with Crippen molar-refractivity contribution < 1.29 is 27.1 Å². The first kappa shape index (κ1) is 12.3. The molecule has 0 saturated carbocycles. The van der Waals surface area contributed by atoms with E-state index in [0.717, 1.165) is 12.1 Å². The molecule has 0 bridgehead atoms. The van der Waals surface area contributed by atoms with Gasteiger partial charge in [0.15, 0.2) is 6.61 Å². The van der Waals surface area contributed by atoms with E-state index in [0.29, 0.717) is 0 Å². The highest BCUT2D eigenvalue weighted by molar-refractivity contribution is 5.90. The third-order valence-corrected chi connectivity index (χ3v) is 1.58. The maximum Gasteiger partial charge on any atom is 0.422 e. The van der Waals surface area contributed by atoms with Crippen LogP contribution in [0.5, 0.6) is 0 Å². The van der Waals surface area contributed by atoms with E-state index in [9.17, 15) is 22.4 Å². The van der Waals surface area contributed by atoms with Crippen LogP contribution in [0.15, 0.2) is 18.2 Å². The van der Waals surface area contributed by atoms with Crippen LogP contribution in [-0.4, -0.2) is 18.8 Å². The number of nitrogens with two attached hydrogens (primary N) is 1. The van der Waals surface area contributed by atoms with E-state index in [1.807, 2.05) is 0 Å². The number of nitrogen functional groups attached to an aromatic ring is 1. The molecule has 7 heteroatoms. The van der Waals surface area contributed by atoms with Crippen LogP contribution in [0, 0.1) is 5.82 Å². The molecule has 2 N–H and O–H groups in total. The van der Waals surface area contributed by atoms with E-state index in [-0.39, 0.29) is 5.69 Å². The van der Waals surface area contributed by atoms with Crippen molar-refractivity contribution in [1.82, 2.24) is 0 Å². The van der Waals surface area contributed by atoms with Gasteiger partial charge in [0, 0.05) is 5.69 Å². The van der Waals surface area contributed by atoms with Gasteiger partial charge < -0.3 is 10.5 Å². The van der Waals surface area contributed by atoms with Crippen molar-refractivity contribution in [2.75, 3.05) is 12.3 Å². The highest BCUT2D eigenvalue weighted by atomic mass is 19.4. The van der Waals surface area contributed by atoms with Gasteiger partial charge in [-0.1, -0.05) is 0 Å². The first-order chi connectivity index (χ1) is 7.29. The summed E-state index contributed by atoms with van der Waals surface area (Å²) >= 11 is 0. The fourth-order valence-electron chi connectivity index (χ4n) is 0.922. The number of carbonyl (C=O) groups is 1. The zero-order chi connectivity index (χ0) is 12.3. The number of rotatable bonds is 2. The number of carbonyl (C=O) groups excluding carboxylic acids is 1. The summed E-state index contributed by atoms with van der Waals surface area (Å²) in [5.41, 5.74) is 4.67. The second-order valence-corrected chi connectivity index (χ2v) is 2.93. The smallest absolute Gasteiger partial charge is 0.422 e. The molecule has 0 spiro atoms. The summed E-state index contributed by atoms with van der Waals surface area (Å²) in [5, 5.41) is 0. The number of halogens is 4. The van der Waals surface area contributed by atoms with Crippen molar-refractivity contribution in [3.63, 3.8) is 0 Å². The Kier molecular flexibility index (Phi) is 3.36. The summed E-state index contributed by atoms with van der Waals surface area (Å²) < 4.78 is 52.0. The number of alkyl halides is 3. The lowest BCUT2D eigenvalue weighted by molar-refractivity contribution is -0.161. The maximum atomic E-state index is 13.1. The SMILES string of the molecule is Nc1ccc(C(=O)OCC(F)(F)F)c(F)c1. The van der Waals surface area contributed by atoms with Gasteiger partial charge >= 0.3 is 12.1 Å². The fourth-order valence-corrected chi connectivity index (χ4v) is 0.922.